The third-order valence-corrected chi connectivity index (χ3v) is 3.20. The first-order chi connectivity index (χ1) is 7.60. The van der Waals surface area contributed by atoms with Crippen molar-refractivity contribution in [2.75, 3.05) is 5.32 Å². The van der Waals surface area contributed by atoms with Gasteiger partial charge in [-0.1, -0.05) is 38.8 Å². The quantitative estimate of drug-likeness (QED) is 0.818. The van der Waals surface area contributed by atoms with Gasteiger partial charge in [0.1, 0.15) is 16.8 Å². The third-order valence-electron chi connectivity index (χ3n) is 3.01. The van der Waals surface area contributed by atoms with Crippen LogP contribution in [0.25, 0.3) is 0 Å². The van der Waals surface area contributed by atoms with Gasteiger partial charge in [0.25, 0.3) is 0 Å². The Morgan fingerprint density at radius 3 is 2.81 bits per heavy atom. The second kappa shape index (κ2) is 4.58. The van der Waals surface area contributed by atoms with Crippen LogP contribution in [-0.4, -0.2) is 16.0 Å². The average Bonchev–Trinajstić information content (AvgIpc) is 2.95. The van der Waals surface area contributed by atoms with Crippen LogP contribution in [0.4, 0.5) is 5.82 Å². The number of anilines is 1. The van der Waals surface area contributed by atoms with Gasteiger partial charge in [-0.15, -0.1) is 0 Å². The van der Waals surface area contributed by atoms with Crippen molar-refractivity contribution in [1.82, 2.24) is 9.97 Å². The highest BCUT2D eigenvalue weighted by Crippen LogP contribution is 2.36. The van der Waals surface area contributed by atoms with Crippen LogP contribution in [0.5, 0.6) is 0 Å². The molecule has 2 rings (SSSR count). The van der Waals surface area contributed by atoms with Crippen molar-refractivity contribution in [2.24, 2.45) is 5.92 Å². The molecule has 1 aliphatic rings. The summed E-state index contributed by atoms with van der Waals surface area (Å²) in [6, 6.07) is 2.38. The SMILES string of the molecule is CCC1CC1Nc1cc(Cl)nc(C(C)C)n1. The Kier molecular flexibility index (Phi) is 3.33. The lowest BCUT2D eigenvalue weighted by Crippen LogP contribution is -2.08. The molecule has 1 N–H and O–H groups in total. The van der Waals surface area contributed by atoms with E-state index >= 15 is 0 Å². The van der Waals surface area contributed by atoms with E-state index in [0.717, 1.165) is 17.6 Å². The van der Waals surface area contributed by atoms with Crippen LogP contribution in [0.2, 0.25) is 5.15 Å². The van der Waals surface area contributed by atoms with Crippen LogP contribution in [0.1, 0.15) is 45.4 Å². The van der Waals surface area contributed by atoms with E-state index in [9.17, 15) is 0 Å². The molecule has 0 amide bonds. The normalized spacial score (nSPS) is 23.6. The Morgan fingerprint density at radius 2 is 2.25 bits per heavy atom. The molecule has 1 aromatic rings. The van der Waals surface area contributed by atoms with Crippen molar-refractivity contribution in [1.29, 1.82) is 0 Å². The summed E-state index contributed by atoms with van der Waals surface area (Å²) in [4.78, 5) is 8.69. The van der Waals surface area contributed by atoms with Gasteiger partial charge in [0.2, 0.25) is 0 Å². The van der Waals surface area contributed by atoms with Gasteiger partial charge >= 0.3 is 0 Å². The van der Waals surface area contributed by atoms with Crippen LogP contribution in [-0.2, 0) is 0 Å². The molecular formula is C12H18ClN3. The molecule has 3 nitrogen and oxygen atoms in total. The highest BCUT2D eigenvalue weighted by atomic mass is 35.5. The van der Waals surface area contributed by atoms with E-state index in [1.165, 1.54) is 12.8 Å². The third kappa shape index (κ3) is 2.64. The molecule has 2 atom stereocenters. The molecule has 1 heterocycles. The fourth-order valence-electron chi connectivity index (χ4n) is 1.83. The molecule has 0 aromatic carbocycles. The standard InChI is InChI=1S/C12H18ClN3/c1-4-8-5-9(8)14-11-6-10(13)15-12(16-11)7(2)3/h6-9H,4-5H2,1-3H3,(H,14,15,16). The maximum absolute atomic E-state index is 5.98. The Balaban J connectivity index is 2.09. The number of aromatic nitrogens is 2. The summed E-state index contributed by atoms with van der Waals surface area (Å²) < 4.78 is 0. The zero-order chi connectivity index (χ0) is 11.7. The molecule has 4 heteroatoms. The molecule has 0 saturated heterocycles. The summed E-state index contributed by atoms with van der Waals surface area (Å²) in [7, 11) is 0. The maximum Gasteiger partial charge on any atom is 0.135 e. The largest absolute Gasteiger partial charge is 0.367 e. The lowest BCUT2D eigenvalue weighted by Gasteiger charge is -2.09. The van der Waals surface area contributed by atoms with E-state index in [-0.39, 0.29) is 0 Å². The lowest BCUT2D eigenvalue weighted by atomic mass is 10.2. The van der Waals surface area contributed by atoms with Crippen LogP contribution >= 0.6 is 11.6 Å². The van der Waals surface area contributed by atoms with Gasteiger partial charge in [0.05, 0.1) is 0 Å². The van der Waals surface area contributed by atoms with Gasteiger partial charge in [0.15, 0.2) is 0 Å². The van der Waals surface area contributed by atoms with Gasteiger partial charge in [-0.2, -0.15) is 0 Å². The highest BCUT2D eigenvalue weighted by molar-refractivity contribution is 6.29. The number of hydrogen-bond acceptors (Lipinski definition) is 3. The van der Waals surface area contributed by atoms with Gasteiger partial charge in [0, 0.05) is 18.0 Å². The minimum atomic E-state index is 0.306. The van der Waals surface area contributed by atoms with Crippen molar-refractivity contribution >= 4 is 17.4 Å². The second-order valence-electron chi connectivity index (χ2n) is 4.74. The van der Waals surface area contributed by atoms with Crippen LogP contribution in [0, 0.1) is 5.92 Å². The molecular weight excluding hydrogens is 222 g/mol. The first-order valence-corrected chi connectivity index (χ1v) is 6.29. The molecule has 1 fully saturated rings. The molecule has 0 spiro atoms. The van der Waals surface area contributed by atoms with Gasteiger partial charge in [-0.25, -0.2) is 9.97 Å². The van der Waals surface area contributed by atoms with E-state index in [1.807, 2.05) is 0 Å². The van der Waals surface area contributed by atoms with Crippen LogP contribution < -0.4 is 5.32 Å². The van der Waals surface area contributed by atoms with Crippen molar-refractivity contribution < 1.29 is 0 Å². The monoisotopic (exact) mass is 239 g/mol. The lowest BCUT2D eigenvalue weighted by molar-refractivity contribution is 0.760. The summed E-state index contributed by atoms with van der Waals surface area (Å²) >= 11 is 5.98. The highest BCUT2D eigenvalue weighted by Gasteiger charge is 2.35. The fourth-order valence-corrected chi connectivity index (χ4v) is 2.02. The summed E-state index contributed by atoms with van der Waals surface area (Å²) in [5.74, 6) is 2.78. The minimum absolute atomic E-state index is 0.306. The Bertz CT molecular complexity index is 379. The van der Waals surface area contributed by atoms with E-state index in [0.29, 0.717) is 17.1 Å². The van der Waals surface area contributed by atoms with Crippen LogP contribution in [0.3, 0.4) is 0 Å². The van der Waals surface area contributed by atoms with Gasteiger partial charge < -0.3 is 5.32 Å². The Labute approximate surface area is 102 Å². The predicted octanol–water partition coefficient (Wildman–Crippen LogP) is 3.46. The molecule has 1 aliphatic carbocycles. The smallest absolute Gasteiger partial charge is 0.135 e. The predicted molar refractivity (Wildman–Crippen MR) is 66.9 cm³/mol. The first kappa shape index (κ1) is 11.6. The maximum atomic E-state index is 5.98. The van der Waals surface area contributed by atoms with Crippen molar-refractivity contribution in [3.63, 3.8) is 0 Å². The number of rotatable bonds is 4. The molecule has 16 heavy (non-hydrogen) atoms. The van der Waals surface area contributed by atoms with Crippen LogP contribution in [0.15, 0.2) is 6.07 Å². The number of nitrogens with one attached hydrogen (secondary N) is 1. The second-order valence-corrected chi connectivity index (χ2v) is 5.13. The summed E-state index contributed by atoms with van der Waals surface area (Å²) in [6.07, 6.45) is 2.47. The molecule has 0 aliphatic heterocycles. The topological polar surface area (TPSA) is 37.8 Å². The zero-order valence-corrected chi connectivity index (χ0v) is 10.8. The molecule has 0 bridgehead atoms. The fraction of sp³-hybridized carbons (Fsp3) is 0.667. The average molecular weight is 240 g/mol. The molecule has 2 unspecified atom stereocenters. The van der Waals surface area contributed by atoms with E-state index in [4.69, 9.17) is 11.6 Å². The van der Waals surface area contributed by atoms with Gasteiger partial charge in [-0.3, -0.25) is 0 Å². The minimum Gasteiger partial charge on any atom is -0.367 e. The number of nitrogens with zero attached hydrogens (tertiary/aromatic N) is 2. The van der Waals surface area contributed by atoms with E-state index in [2.05, 4.69) is 36.1 Å². The Hall–Kier alpha value is -0.830. The van der Waals surface area contributed by atoms with E-state index in [1.54, 1.807) is 6.07 Å². The van der Waals surface area contributed by atoms with E-state index < -0.39 is 0 Å². The number of hydrogen-bond donors (Lipinski definition) is 1. The first-order valence-electron chi connectivity index (χ1n) is 5.91. The van der Waals surface area contributed by atoms with Crippen molar-refractivity contribution in [2.45, 2.75) is 45.6 Å². The van der Waals surface area contributed by atoms with Gasteiger partial charge in [-0.05, 0) is 12.3 Å². The van der Waals surface area contributed by atoms with Crippen molar-refractivity contribution in [3.05, 3.63) is 17.0 Å². The van der Waals surface area contributed by atoms with Crippen molar-refractivity contribution in [3.8, 4) is 0 Å². The summed E-state index contributed by atoms with van der Waals surface area (Å²) in [5.41, 5.74) is 0. The Morgan fingerprint density at radius 1 is 1.50 bits per heavy atom. The molecule has 1 saturated carbocycles. The molecule has 0 radical (unpaired) electrons. The molecule has 1 aromatic heterocycles. The molecule has 88 valence electrons. The summed E-state index contributed by atoms with van der Waals surface area (Å²) in [5, 5.41) is 3.94. The number of halogens is 1. The summed E-state index contributed by atoms with van der Waals surface area (Å²) in [6.45, 7) is 6.36. The zero-order valence-electron chi connectivity index (χ0n) is 10.00.